The predicted octanol–water partition coefficient (Wildman–Crippen LogP) is 2.30. The van der Waals surface area contributed by atoms with Crippen molar-refractivity contribution in [2.75, 3.05) is 5.32 Å². The first-order chi connectivity index (χ1) is 8.70. The lowest BCUT2D eigenvalue weighted by atomic mass is 10.1. The molecule has 1 aromatic carbocycles. The second-order valence-electron chi connectivity index (χ2n) is 4.30. The van der Waals surface area contributed by atoms with Crippen molar-refractivity contribution in [2.45, 2.75) is 25.8 Å². The van der Waals surface area contributed by atoms with Gasteiger partial charge in [0.2, 0.25) is 5.91 Å². The molecule has 94 valence electrons. The van der Waals surface area contributed by atoms with E-state index >= 15 is 0 Å². The van der Waals surface area contributed by atoms with Gasteiger partial charge in [0.15, 0.2) is 0 Å². The Labute approximate surface area is 106 Å². The normalized spacial score (nSPS) is 12.3. The molecule has 1 heterocycles. The van der Waals surface area contributed by atoms with E-state index in [1.54, 1.807) is 6.20 Å². The van der Waals surface area contributed by atoms with Crippen LogP contribution in [-0.4, -0.2) is 16.9 Å². The zero-order valence-electron chi connectivity index (χ0n) is 10.4. The van der Waals surface area contributed by atoms with Crippen LogP contribution in [-0.2, 0) is 4.79 Å². The molecule has 1 amide bonds. The molecule has 4 heteroatoms. The standard InChI is InChI=1S/C14H17N3O/c1-2-10(15)9-14(18)17-13-7-3-6-12-11(13)5-4-8-16-12/h3-8,10H,2,9,15H2,1H3,(H,17,18). The smallest absolute Gasteiger partial charge is 0.225 e. The number of hydrogen-bond acceptors (Lipinski definition) is 3. The van der Waals surface area contributed by atoms with Crippen LogP contribution >= 0.6 is 0 Å². The number of amides is 1. The molecule has 1 atom stereocenters. The predicted molar refractivity (Wildman–Crippen MR) is 73.3 cm³/mol. The number of carbonyl (C=O) groups is 1. The number of nitrogens with one attached hydrogen (secondary N) is 1. The summed E-state index contributed by atoms with van der Waals surface area (Å²) in [7, 11) is 0. The molecule has 0 aliphatic rings. The van der Waals surface area contributed by atoms with Crippen molar-refractivity contribution in [3.63, 3.8) is 0 Å². The number of nitrogens with two attached hydrogens (primary N) is 1. The van der Waals surface area contributed by atoms with Gasteiger partial charge < -0.3 is 11.1 Å². The van der Waals surface area contributed by atoms with E-state index in [1.807, 2.05) is 37.3 Å². The summed E-state index contributed by atoms with van der Waals surface area (Å²) in [6.07, 6.45) is 2.87. The summed E-state index contributed by atoms with van der Waals surface area (Å²) in [5.41, 5.74) is 7.42. The third-order valence-corrected chi connectivity index (χ3v) is 2.89. The first-order valence-corrected chi connectivity index (χ1v) is 6.10. The Bertz CT molecular complexity index is 548. The molecule has 0 aliphatic carbocycles. The van der Waals surface area contributed by atoms with Gasteiger partial charge in [0.25, 0.3) is 0 Å². The van der Waals surface area contributed by atoms with Crippen LogP contribution in [0, 0.1) is 0 Å². The number of rotatable bonds is 4. The van der Waals surface area contributed by atoms with E-state index in [9.17, 15) is 4.79 Å². The van der Waals surface area contributed by atoms with Crippen molar-refractivity contribution in [3.05, 3.63) is 36.5 Å². The Balaban J connectivity index is 2.19. The monoisotopic (exact) mass is 243 g/mol. The van der Waals surface area contributed by atoms with Crippen LogP contribution in [0.2, 0.25) is 0 Å². The topological polar surface area (TPSA) is 68.0 Å². The Morgan fingerprint density at radius 2 is 2.22 bits per heavy atom. The van der Waals surface area contributed by atoms with Gasteiger partial charge in [-0.1, -0.05) is 13.0 Å². The van der Waals surface area contributed by atoms with Crippen LogP contribution < -0.4 is 11.1 Å². The summed E-state index contributed by atoms with van der Waals surface area (Å²) in [5, 5.41) is 3.83. The van der Waals surface area contributed by atoms with Crippen LogP contribution in [0.1, 0.15) is 19.8 Å². The summed E-state index contributed by atoms with van der Waals surface area (Å²) >= 11 is 0. The zero-order chi connectivity index (χ0) is 13.0. The summed E-state index contributed by atoms with van der Waals surface area (Å²) in [4.78, 5) is 16.1. The lowest BCUT2D eigenvalue weighted by molar-refractivity contribution is -0.116. The molecule has 3 N–H and O–H groups in total. The van der Waals surface area contributed by atoms with Crippen LogP contribution in [0.25, 0.3) is 10.9 Å². The minimum atomic E-state index is -0.0851. The fourth-order valence-electron chi connectivity index (χ4n) is 1.80. The highest BCUT2D eigenvalue weighted by Gasteiger charge is 2.09. The van der Waals surface area contributed by atoms with Crippen LogP contribution in [0.3, 0.4) is 0 Å². The van der Waals surface area contributed by atoms with Crippen molar-refractivity contribution in [2.24, 2.45) is 5.73 Å². The summed E-state index contributed by atoms with van der Waals surface area (Å²) in [6, 6.07) is 9.39. The maximum Gasteiger partial charge on any atom is 0.225 e. The third kappa shape index (κ3) is 2.84. The van der Waals surface area contributed by atoms with E-state index in [-0.39, 0.29) is 11.9 Å². The highest BCUT2D eigenvalue weighted by Crippen LogP contribution is 2.21. The lowest BCUT2D eigenvalue weighted by Crippen LogP contribution is -2.26. The van der Waals surface area contributed by atoms with Gasteiger partial charge in [-0.05, 0) is 30.7 Å². The third-order valence-electron chi connectivity index (χ3n) is 2.89. The number of carbonyl (C=O) groups excluding carboxylic acids is 1. The van der Waals surface area contributed by atoms with E-state index < -0.39 is 0 Å². The highest BCUT2D eigenvalue weighted by molar-refractivity contribution is 6.01. The minimum Gasteiger partial charge on any atom is -0.327 e. The van der Waals surface area contributed by atoms with Crippen LogP contribution in [0.4, 0.5) is 5.69 Å². The van der Waals surface area contributed by atoms with Crippen molar-refractivity contribution < 1.29 is 4.79 Å². The zero-order valence-corrected chi connectivity index (χ0v) is 10.4. The van der Waals surface area contributed by atoms with E-state index in [2.05, 4.69) is 10.3 Å². The number of benzene rings is 1. The Morgan fingerprint density at radius 1 is 1.39 bits per heavy atom. The molecular formula is C14H17N3O. The first kappa shape index (κ1) is 12.5. The summed E-state index contributed by atoms with van der Waals surface area (Å²) in [5.74, 6) is -0.0549. The van der Waals surface area contributed by atoms with Gasteiger partial charge in [-0.15, -0.1) is 0 Å². The number of fused-ring (bicyclic) bond motifs is 1. The summed E-state index contributed by atoms with van der Waals surface area (Å²) < 4.78 is 0. The number of nitrogens with zero attached hydrogens (tertiary/aromatic N) is 1. The first-order valence-electron chi connectivity index (χ1n) is 6.10. The van der Waals surface area contributed by atoms with E-state index in [4.69, 9.17) is 5.73 Å². The quantitative estimate of drug-likeness (QED) is 0.865. The molecule has 1 unspecified atom stereocenters. The van der Waals surface area contributed by atoms with Gasteiger partial charge in [-0.2, -0.15) is 0 Å². The van der Waals surface area contributed by atoms with Gasteiger partial charge in [0.1, 0.15) is 0 Å². The van der Waals surface area contributed by atoms with Gasteiger partial charge in [-0.3, -0.25) is 9.78 Å². The van der Waals surface area contributed by atoms with Gasteiger partial charge in [0.05, 0.1) is 11.2 Å². The maximum atomic E-state index is 11.8. The Kier molecular flexibility index (Phi) is 3.89. The van der Waals surface area contributed by atoms with Crippen molar-refractivity contribution in [3.8, 4) is 0 Å². The van der Waals surface area contributed by atoms with Crippen molar-refractivity contribution in [1.29, 1.82) is 0 Å². The highest BCUT2D eigenvalue weighted by atomic mass is 16.1. The molecular weight excluding hydrogens is 226 g/mol. The molecule has 0 aliphatic heterocycles. The maximum absolute atomic E-state index is 11.8. The summed E-state index contributed by atoms with van der Waals surface area (Å²) in [6.45, 7) is 1.97. The Morgan fingerprint density at radius 3 is 3.00 bits per heavy atom. The molecule has 2 aromatic rings. The van der Waals surface area contributed by atoms with Crippen molar-refractivity contribution >= 4 is 22.5 Å². The Hall–Kier alpha value is -1.94. The molecule has 1 aromatic heterocycles. The minimum absolute atomic E-state index is 0.0549. The average Bonchev–Trinajstić information content (AvgIpc) is 2.39. The molecule has 0 bridgehead atoms. The molecule has 0 saturated carbocycles. The number of aromatic nitrogens is 1. The lowest BCUT2D eigenvalue weighted by Gasteiger charge is -2.11. The molecule has 0 radical (unpaired) electrons. The fourth-order valence-corrected chi connectivity index (χ4v) is 1.80. The average molecular weight is 243 g/mol. The molecule has 0 spiro atoms. The van der Waals surface area contributed by atoms with Crippen LogP contribution in [0.5, 0.6) is 0 Å². The second kappa shape index (κ2) is 5.60. The molecule has 18 heavy (non-hydrogen) atoms. The van der Waals surface area contributed by atoms with Crippen molar-refractivity contribution in [1.82, 2.24) is 4.98 Å². The number of pyridine rings is 1. The van der Waals surface area contributed by atoms with Gasteiger partial charge in [0, 0.05) is 24.0 Å². The van der Waals surface area contributed by atoms with E-state index in [1.165, 1.54) is 0 Å². The number of anilines is 1. The molecule has 0 fully saturated rings. The molecule has 2 rings (SSSR count). The fraction of sp³-hybridized carbons (Fsp3) is 0.286. The van der Waals surface area contributed by atoms with Crippen LogP contribution in [0.15, 0.2) is 36.5 Å². The van der Waals surface area contributed by atoms with E-state index in [0.29, 0.717) is 6.42 Å². The SMILES string of the molecule is CCC(N)CC(=O)Nc1cccc2ncccc12. The molecule has 4 nitrogen and oxygen atoms in total. The second-order valence-corrected chi connectivity index (χ2v) is 4.30. The number of hydrogen-bond donors (Lipinski definition) is 2. The largest absolute Gasteiger partial charge is 0.327 e. The van der Waals surface area contributed by atoms with Gasteiger partial charge >= 0.3 is 0 Å². The van der Waals surface area contributed by atoms with E-state index in [0.717, 1.165) is 23.0 Å². The van der Waals surface area contributed by atoms with Gasteiger partial charge in [-0.25, -0.2) is 0 Å². The molecule has 0 saturated heterocycles.